The summed E-state index contributed by atoms with van der Waals surface area (Å²) in [5.41, 5.74) is 5.88. The summed E-state index contributed by atoms with van der Waals surface area (Å²) in [4.78, 5) is 21.2. The Morgan fingerprint density at radius 3 is 2.44 bits per heavy atom. The van der Waals surface area contributed by atoms with Gasteiger partial charge in [-0.15, -0.1) is 24.8 Å². The minimum atomic E-state index is -0.108. The van der Waals surface area contributed by atoms with Gasteiger partial charge in [0.15, 0.2) is 0 Å². The van der Waals surface area contributed by atoms with Crippen LogP contribution in [0, 0.1) is 11.8 Å². The maximum absolute atomic E-state index is 12.5. The first-order valence-corrected chi connectivity index (χ1v) is 8.73. The topological polar surface area (TPSA) is 62.5 Å². The Morgan fingerprint density at radius 2 is 1.96 bits per heavy atom. The normalized spacial score (nSPS) is 17.0. The van der Waals surface area contributed by atoms with Crippen molar-refractivity contribution in [1.82, 2.24) is 9.88 Å². The van der Waals surface area contributed by atoms with Crippen molar-refractivity contribution >= 4 is 36.5 Å². The van der Waals surface area contributed by atoms with Crippen molar-refractivity contribution in [2.75, 3.05) is 31.1 Å². The van der Waals surface area contributed by atoms with Gasteiger partial charge in [0, 0.05) is 38.4 Å². The Kier molecular flexibility index (Phi) is 11.1. The molecule has 1 amide bonds. The van der Waals surface area contributed by atoms with Gasteiger partial charge in [-0.25, -0.2) is 4.98 Å². The molecule has 0 saturated carbocycles. The second-order valence-electron chi connectivity index (χ2n) is 6.64. The Labute approximate surface area is 164 Å². The van der Waals surface area contributed by atoms with Gasteiger partial charge < -0.3 is 15.5 Å². The molecule has 25 heavy (non-hydrogen) atoms. The molecule has 1 aromatic heterocycles. The number of aromatic nitrogens is 1. The average molecular weight is 391 g/mol. The summed E-state index contributed by atoms with van der Waals surface area (Å²) in [7, 11) is 0. The lowest BCUT2D eigenvalue weighted by atomic mass is 9.95. The van der Waals surface area contributed by atoms with Crippen molar-refractivity contribution < 1.29 is 4.79 Å². The molecular weight excluding hydrogens is 359 g/mol. The van der Waals surface area contributed by atoms with Gasteiger partial charge in [-0.3, -0.25) is 4.79 Å². The van der Waals surface area contributed by atoms with E-state index >= 15 is 0 Å². The first kappa shape index (κ1) is 24.0. The van der Waals surface area contributed by atoms with Crippen molar-refractivity contribution in [2.45, 2.75) is 39.7 Å². The second-order valence-corrected chi connectivity index (χ2v) is 6.64. The van der Waals surface area contributed by atoms with E-state index in [-0.39, 0.29) is 42.7 Å². The zero-order valence-electron chi connectivity index (χ0n) is 15.4. The molecule has 144 valence electrons. The number of pyridine rings is 1. The van der Waals surface area contributed by atoms with Crippen LogP contribution in [0.3, 0.4) is 0 Å². The number of halogens is 2. The lowest BCUT2D eigenvalue weighted by Gasteiger charge is -2.36. The Morgan fingerprint density at radius 1 is 1.32 bits per heavy atom. The summed E-state index contributed by atoms with van der Waals surface area (Å²) in [6, 6.07) is 5.94. The number of amides is 1. The summed E-state index contributed by atoms with van der Waals surface area (Å²) in [6.07, 6.45) is 4.05. The van der Waals surface area contributed by atoms with Gasteiger partial charge in [0.25, 0.3) is 0 Å². The van der Waals surface area contributed by atoms with Crippen molar-refractivity contribution in [3.05, 3.63) is 24.4 Å². The summed E-state index contributed by atoms with van der Waals surface area (Å²) in [6.45, 7) is 9.52. The van der Waals surface area contributed by atoms with Gasteiger partial charge in [-0.05, 0) is 44.7 Å². The van der Waals surface area contributed by atoms with Gasteiger partial charge in [-0.1, -0.05) is 13.0 Å². The van der Waals surface area contributed by atoms with Crippen LogP contribution in [0.2, 0.25) is 0 Å². The number of nitrogens with zero attached hydrogens (tertiary/aromatic N) is 3. The molecule has 2 rings (SSSR count). The first-order chi connectivity index (χ1) is 11.0. The van der Waals surface area contributed by atoms with Gasteiger partial charge in [0.2, 0.25) is 5.91 Å². The molecular formula is C18H32Cl2N4O. The summed E-state index contributed by atoms with van der Waals surface area (Å²) in [5.74, 6) is 1.71. The number of rotatable bonds is 6. The van der Waals surface area contributed by atoms with Gasteiger partial charge >= 0.3 is 0 Å². The Bertz CT molecular complexity index is 493. The fraction of sp³-hybridized carbons (Fsp3) is 0.667. The summed E-state index contributed by atoms with van der Waals surface area (Å²) < 4.78 is 0. The fourth-order valence-electron chi connectivity index (χ4n) is 3.08. The SMILES string of the molecule is CCN(CC1CCN(c2ccccn2)CC1)C(=O)C(C)C(C)N.Cl.Cl. The molecule has 1 aliphatic heterocycles. The maximum atomic E-state index is 12.5. The predicted molar refractivity (Wildman–Crippen MR) is 109 cm³/mol. The van der Waals surface area contributed by atoms with Crippen LogP contribution in [0.25, 0.3) is 0 Å². The summed E-state index contributed by atoms with van der Waals surface area (Å²) >= 11 is 0. The molecule has 1 fully saturated rings. The van der Waals surface area contributed by atoms with Crippen LogP contribution in [0.1, 0.15) is 33.6 Å². The average Bonchev–Trinajstić information content (AvgIpc) is 2.59. The highest BCUT2D eigenvalue weighted by molar-refractivity contribution is 5.85. The van der Waals surface area contributed by atoms with Crippen LogP contribution >= 0.6 is 24.8 Å². The third kappa shape index (κ3) is 6.65. The number of nitrogens with two attached hydrogens (primary N) is 1. The Balaban J connectivity index is 0.00000288. The van der Waals surface area contributed by atoms with E-state index in [2.05, 4.69) is 22.9 Å². The molecule has 1 aromatic rings. The van der Waals surface area contributed by atoms with E-state index in [9.17, 15) is 4.79 Å². The molecule has 1 saturated heterocycles. The van der Waals surface area contributed by atoms with Crippen LogP contribution < -0.4 is 10.6 Å². The minimum Gasteiger partial charge on any atom is -0.357 e. The molecule has 2 atom stereocenters. The first-order valence-electron chi connectivity index (χ1n) is 8.73. The minimum absolute atomic E-state index is 0. The standard InChI is InChI=1S/C18H30N4O.2ClH/c1-4-21(18(23)14(2)15(3)19)13-16-8-11-22(12-9-16)17-7-5-6-10-20-17;;/h5-7,10,14-16H,4,8-9,11-13,19H2,1-3H3;2*1H. The number of anilines is 1. The third-order valence-electron chi connectivity index (χ3n) is 4.94. The van der Waals surface area contributed by atoms with Crippen molar-refractivity contribution in [1.29, 1.82) is 0 Å². The highest BCUT2D eigenvalue weighted by Gasteiger charge is 2.27. The van der Waals surface area contributed by atoms with Gasteiger partial charge in [0.1, 0.15) is 5.82 Å². The lowest BCUT2D eigenvalue weighted by Crippen LogP contribution is -2.45. The number of carbonyl (C=O) groups is 1. The van der Waals surface area contributed by atoms with E-state index in [0.717, 1.165) is 44.8 Å². The molecule has 0 spiro atoms. The van der Waals surface area contributed by atoms with Crippen LogP contribution in [-0.4, -0.2) is 48.0 Å². The zero-order chi connectivity index (χ0) is 16.8. The lowest BCUT2D eigenvalue weighted by molar-refractivity contribution is -0.136. The van der Waals surface area contributed by atoms with E-state index in [4.69, 9.17) is 5.73 Å². The second kappa shape index (κ2) is 11.6. The van der Waals surface area contributed by atoms with Gasteiger partial charge in [0.05, 0.1) is 5.92 Å². The number of hydrogen-bond acceptors (Lipinski definition) is 4. The molecule has 0 bridgehead atoms. The van der Waals surface area contributed by atoms with Crippen LogP contribution in [0.5, 0.6) is 0 Å². The van der Waals surface area contributed by atoms with Crippen molar-refractivity contribution in [3.63, 3.8) is 0 Å². The highest BCUT2D eigenvalue weighted by Crippen LogP contribution is 2.23. The van der Waals surface area contributed by atoms with E-state index in [1.54, 1.807) is 0 Å². The smallest absolute Gasteiger partial charge is 0.226 e. The molecule has 2 unspecified atom stereocenters. The van der Waals surface area contributed by atoms with E-state index in [1.807, 2.05) is 37.1 Å². The molecule has 1 aliphatic rings. The van der Waals surface area contributed by atoms with Gasteiger partial charge in [-0.2, -0.15) is 0 Å². The van der Waals surface area contributed by atoms with Crippen molar-refractivity contribution in [2.24, 2.45) is 17.6 Å². The fourth-order valence-corrected chi connectivity index (χ4v) is 3.08. The quantitative estimate of drug-likeness (QED) is 0.810. The van der Waals surface area contributed by atoms with E-state index in [0.29, 0.717) is 5.92 Å². The third-order valence-corrected chi connectivity index (χ3v) is 4.94. The molecule has 2 heterocycles. The van der Waals surface area contributed by atoms with Crippen LogP contribution in [-0.2, 0) is 4.79 Å². The monoisotopic (exact) mass is 390 g/mol. The van der Waals surface area contributed by atoms with Crippen molar-refractivity contribution in [3.8, 4) is 0 Å². The number of piperidine rings is 1. The molecule has 0 radical (unpaired) electrons. The number of carbonyl (C=O) groups excluding carboxylic acids is 1. The maximum Gasteiger partial charge on any atom is 0.226 e. The molecule has 2 N–H and O–H groups in total. The Hall–Kier alpha value is -1.04. The van der Waals surface area contributed by atoms with E-state index in [1.165, 1.54) is 0 Å². The summed E-state index contributed by atoms with van der Waals surface area (Å²) in [5, 5.41) is 0. The number of hydrogen-bond donors (Lipinski definition) is 1. The molecule has 5 nitrogen and oxygen atoms in total. The van der Waals surface area contributed by atoms with E-state index < -0.39 is 0 Å². The van der Waals surface area contributed by atoms with Crippen LogP contribution in [0.4, 0.5) is 5.82 Å². The molecule has 0 aromatic carbocycles. The molecule has 0 aliphatic carbocycles. The predicted octanol–water partition coefficient (Wildman–Crippen LogP) is 2.97. The van der Waals surface area contributed by atoms with Crippen LogP contribution in [0.15, 0.2) is 24.4 Å². The highest BCUT2D eigenvalue weighted by atomic mass is 35.5. The molecule has 7 heteroatoms. The largest absolute Gasteiger partial charge is 0.357 e. The zero-order valence-corrected chi connectivity index (χ0v) is 17.1.